The van der Waals surface area contributed by atoms with Gasteiger partial charge in [-0.2, -0.15) is 0 Å². The van der Waals surface area contributed by atoms with Gasteiger partial charge < -0.3 is 15.1 Å². The summed E-state index contributed by atoms with van der Waals surface area (Å²) in [5.41, 5.74) is 0. The number of carbonyl (C=O) groups is 2. The first-order valence-corrected chi connectivity index (χ1v) is 6.97. The molecule has 5 nitrogen and oxygen atoms in total. The fraction of sp³-hybridized carbons (Fsp3) is 0.846. The number of carbonyl (C=O) groups excluding carboxylic acids is 2. The Labute approximate surface area is 108 Å². The van der Waals surface area contributed by atoms with Crippen LogP contribution in [0.25, 0.3) is 0 Å². The third-order valence-corrected chi connectivity index (χ3v) is 4.08. The van der Waals surface area contributed by atoms with E-state index >= 15 is 0 Å². The van der Waals surface area contributed by atoms with E-state index in [0.29, 0.717) is 13.1 Å². The average molecular weight is 253 g/mol. The van der Waals surface area contributed by atoms with Crippen molar-refractivity contribution in [3.05, 3.63) is 0 Å². The van der Waals surface area contributed by atoms with Crippen molar-refractivity contribution in [3.8, 4) is 0 Å². The fourth-order valence-electron chi connectivity index (χ4n) is 2.95. The van der Waals surface area contributed by atoms with Crippen LogP contribution >= 0.6 is 0 Å². The number of piperazine rings is 1. The van der Waals surface area contributed by atoms with E-state index in [1.807, 2.05) is 11.8 Å². The molecule has 0 radical (unpaired) electrons. The molecule has 5 heteroatoms. The van der Waals surface area contributed by atoms with Gasteiger partial charge in [-0.05, 0) is 26.2 Å². The van der Waals surface area contributed by atoms with Crippen LogP contribution in [0.2, 0.25) is 0 Å². The number of hydrogen-bond acceptors (Lipinski definition) is 3. The van der Waals surface area contributed by atoms with E-state index in [-0.39, 0.29) is 23.9 Å². The molecule has 2 amide bonds. The van der Waals surface area contributed by atoms with Crippen LogP contribution in [0.15, 0.2) is 0 Å². The Kier molecular flexibility index (Phi) is 4.22. The second-order valence-electron chi connectivity index (χ2n) is 5.24. The molecule has 2 atom stereocenters. The van der Waals surface area contributed by atoms with Crippen molar-refractivity contribution in [2.45, 2.75) is 45.2 Å². The smallest absolute Gasteiger partial charge is 0.312 e. The minimum atomic E-state index is -0.316. The second kappa shape index (κ2) is 5.69. The van der Waals surface area contributed by atoms with E-state index < -0.39 is 0 Å². The van der Waals surface area contributed by atoms with E-state index in [1.54, 1.807) is 4.90 Å². The highest BCUT2D eigenvalue weighted by molar-refractivity contribution is 6.35. The molecule has 0 aromatic rings. The zero-order valence-electron chi connectivity index (χ0n) is 11.3. The lowest BCUT2D eigenvalue weighted by Crippen LogP contribution is -2.54. The van der Waals surface area contributed by atoms with Crippen LogP contribution in [0.5, 0.6) is 0 Å². The normalized spacial score (nSPS) is 28.6. The minimum Gasteiger partial charge on any atom is -0.332 e. The lowest BCUT2D eigenvalue weighted by atomic mass is 10.1. The summed E-state index contributed by atoms with van der Waals surface area (Å²) in [6, 6.07) is 0.452. The van der Waals surface area contributed by atoms with Crippen LogP contribution in [0.1, 0.15) is 33.1 Å². The van der Waals surface area contributed by atoms with Crippen molar-refractivity contribution >= 4 is 11.8 Å². The Hall–Kier alpha value is -1.10. The first-order valence-electron chi connectivity index (χ1n) is 6.97. The Bertz CT molecular complexity index is 326. The highest BCUT2D eigenvalue weighted by Crippen LogP contribution is 2.26. The molecule has 2 aliphatic heterocycles. The topological polar surface area (TPSA) is 52.7 Å². The lowest BCUT2D eigenvalue weighted by molar-refractivity contribution is -0.153. The molecule has 0 aliphatic carbocycles. The molecule has 0 aromatic heterocycles. The van der Waals surface area contributed by atoms with Gasteiger partial charge in [0.25, 0.3) is 0 Å². The van der Waals surface area contributed by atoms with E-state index in [1.165, 1.54) is 0 Å². The Morgan fingerprint density at radius 1 is 1.17 bits per heavy atom. The third-order valence-electron chi connectivity index (χ3n) is 4.08. The molecule has 2 aliphatic rings. The standard InChI is InChI=1S/C13H23N3O2/c1-3-11-5-4-10(2)16(11)13(18)12(17)15-8-6-14-7-9-15/h10-11,14H,3-9H2,1-2H3. The van der Waals surface area contributed by atoms with Crippen LogP contribution in [0.3, 0.4) is 0 Å². The summed E-state index contributed by atoms with van der Waals surface area (Å²) in [5, 5.41) is 3.19. The molecule has 2 unspecified atom stereocenters. The Balaban J connectivity index is 2.02. The summed E-state index contributed by atoms with van der Waals surface area (Å²) in [4.78, 5) is 28.0. The van der Waals surface area contributed by atoms with E-state index in [4.69, 9.17) is 0 Å². The predicted octanol–water partition coefficient (Wildman–Crippen LogP) is 0.208. The molecule has 2 heterocycles. The van der Waals surface area contributed by atoms with Gasteiger partial charge in [-0.3, -0.25) is 9.59 Å². The number of likely N-dealkylation sites (tertiary alicyclic amines) is 1. The summed E-state index contributed by atoms with van der Waals surface area (Å²) in [5.74, 6) is -0.613. The summed E-state index contributed by atoms with van der Waals surface area (Å²) >= 11 is 0. The van der Waals surface area contributed by atoms with Gasteiger partial charge in [-0.1, -0.05) is 6.92 Å². The van der Waals surface area contributed by atoms with Crippen molar-refractivity contribution in [2.24, 2.45) is 0 Å². The van der Waals surface area contributed by atoms with Gasteiger partial charge in [0.15, 0.2) is 0 Å². The van der Waals surface area contributed by atoms with E-state index in [2.05, 4.69) is 12.2 Å². The SMILES string of the molecule is CCC1CCC(C)N1C(=O)C(=O)N1CCNCC1. The zero-order chi connectivity index (χ0) is 13.1. The number of hydrogen-bond donors (Lipinski definition) is 1. The van der Waals surface area contributed by atoms with Gasteiger partial charge in [0.1, 0.15) is 0 Å². The highest BCUT2D eigenvalue weighted by atomic mass is 16.2. The Morgan fingerprint density at radius 3 is 2.44 bits per heavy atom. The monoisotopic (exact) mass is 253 g/mol. The molecule has 18 heavy (non-hydrogen) atoms. The number of nitrogens with one attached hydrogen (secondary N) is 1. The lowest BCUT2D eigenvalue weighted by Gasteiger charge is -2.32. The highest BCUT2D eigenvalue weighted by Gasteiger charge is 2.38. The first kappa shape index (κ1) is 13.3. The molecular weight excluding hydrogens is 230 g/mol. The van der Waals surface area contributed by atoms with Crippen molar-refractivity contribution in [1.82, 2.24) is 15.1 Å². The molecule has 1 N–H and O–H groups in total. The van der Waals surface area contributed by atoms with Crippen molar-refractivity contribution < 1.29 is 9.59 Å². The maximum absolute atomic E-state index is 12.3. The van der Waals surface area contributed by atoms with Gasteiger partial charge in [-0.15, -0.1) is 0 Å². The van der Waals surface area contributed by atoms with Crippen LogP contribution in [-0.4, -0.2) is 59.9 Å². The molecule has 2 saturated heterocycles. The quantitative estimate of drug-likeness (QED) is 0.680. The van der Waals surface area contributed by atoms with Gasteiger partial charge in [0.05, 0.1) is 0 Å². The average Bonchev–Trinajstić information content (AvgIpc) is 2.79. The van der Waals surface area contributed by atoms with Crippen LogP contribution in [0, 0.1) is 0 Å². The van der Waals surface area contributed by atoms with Crippen LogP contribution in [0.4, 0.5) is 0 Å². The molecule has 0 bridgehead atoms. The van der Waals surface area contributed by atoms with Gasteiger partial charge in [0.2, 0.25) is 0 Å². The number of rotatable bonds is 1. The fourth-order valence-corrected chi connectivity index (χ4v) is 2.95. The second-order valence-corrected chi connectivity index (χ2v) is 5.24. The van der Waals surface area contributed by atoms with Crippen molar-refractivity contribution in [2.75, 3.05) is 26.2 Å². The van der Waals surface area contributed by atoms with E-state index in [0.717, 1.165) is 32.4 Å². The summed E-state index contributed by atoms with van der Waals surface area (Å²) in [6.07, 6.45) is 2.97. The molecule has 0 aromatic carbocycles. The molecule has 2 rings (SSSR count). The maximum atomic E-state index is 12.3. The Morgan fingerprint density at radius 2 is 1.83 bits per heavy atom. The van der Waals surface area contributed by atoms with Gasteiger partial charge >= 0.3 is 11.8 Å². The minimum absolute atomic E-state index is 0.203. The van der Waals surface area contributed by atoms with Crippen molar-refractivity contribution in [1.29, 1.82) is 0 Å². The summed E-state index contributed by atoms with van der Waals surface area (Å²) < 4.78 is 0. The number of amides is 2. The largest absolute Gasteiger partial charge is 0.332 e. The molecule has 2 fully saturated rings. The maximum Gasteiger partial charge on any atom is 0.312 e. The predicted molar refractivity (Wildman–Crippen MR) is 69.1 cm³/mol. The molecule has 0 spiro atoms. The summed E-state index contributed by atoms with van der Waals surface area (Å²) in [7, 11) is 0. The first-order chi connectivity index (χ1) is 8.65. The van der Waals surface area contributed by atoms with Gasteiger partial charge in [0, 0.05) is 38.3 Å². The van der Waals surface area contributed by atoms with Gasteiger partial charge in [-0.25, -0.2) is 0 Å². The van der Waals surface area contributed by atoms with Crippen LogP contribution in [-0.2, 0) is 9.59 Å². The zero-order valence-corrected chi connectivity index (χ0v) is 11.3. The van der Waals surface area contributed by atoms with Crippen molar-refractivity contribution in [3.63, 3.8) is 0 Å². The van der Waals surface area contributed by atoms with Crippen LogP contribution < -0.4 is 5.32 Å². The molecule has 0 saturated carbocycles. The summed E-state index contributed by atoms with van der Waals surface area (Å²) in [6.45, 7) is 6.97. The van der Waals surface area contributed by atoms with E-state index in [9.17, 15) is 9.59 Å². The molecular formula is C13H23N3O2. The third kappa shape index (κ3) is 2.51. The molecule has 102 valence electrons. The number of nitrogens with zero attached hydrogens (tertiary/aromatic N) is 2.